The number of carbonyl (C=O) groups is 2. The molecule has 0 aliphatic carbocycles. The predicted molar refractivity (Wildman–Crippen MR) is 146 cm³/mol. The van der Waals surface area contributed by atoms with Gasteiger partial charge < -0.3 is 18.8 Å². The average molecular weight is 561 g/mol. The summed E-state index contributed by atoms with van der Waals surface area (Å²) in [5.41, 5.74) is 4.68. The summed E-state index contributed by atoms with van der Waals surface area (Å²) in [5, 5.41) is 0. The topological polar surface area (TPSA) is 71.1 Å². The molecule has 36 heavy (non-hydrogen) atoms. The minimum absolute atomic E-state index is 0.249. The molecule has 0 radical (unpaired) electrons. The third-order valence-corrected chi connectivity index (χ3v) is 7.22. The summed E-state index contributed by atoms with van der Waals surface area (Å²) in [6.07, 6.45) is 1.89. The van der Waals surface area contributed by atoms with Crippen LogP contribution in [0.3, 0.4) is 0 Å². The number of hydrogen-bond donors (Lipinski definition) is 0. The van der Waals surface area contributed by atoms with Crippen molar-refractivity contribution in [1.82, 2.24) is 0 Å². The third-order valence-electron chi connectivity index (χ3n) is 6.48. The van der Waals surface area contributed by atoms with Crippen molar-refractivity contribution >= 4 is 40.4 Å². The zero-order chi connectivity index (χ0) is 27.1. The lowest BCUT2D eigenvalue weighted by Crippen LogP contribution is -2.41. The smallest absolute Gasteiger partial charge is 0.461 e. The SMILES string of the molecule is CCc1ccc(COC(C)=O)cc1B1OC(C)(C)C(C)(C)O1.CCc1ccc(COC(C)=O)cc1Br. The lowest BCUT2D eigenvalue weighted by Gasteiger charge is -2.32. The number of rotatable bonds is 7. The highest BCUT2D eigenvalue weighted by molar-refractivity contribution is 9.10. The fourth-order valence-electron chi connectivity index (χ4n) is 3.58. The number of esters is 2. The maximum absolute atomic E-state index is 11.0. The normalized spacial score (nSPS) is 15.6. The summed E-state index contributed by atoms with van der Waals surface area (Å²) in [4.78, 5) is 21.6. The Morgan fingerprint density at radius 3 is 1.67 bits per heavy atom. The Kier molecular flexibility index (Phi) is 10.8. The number of hydrogen-bond acceptors (Lipinski definition) is 6. The summed E-state index contributed by atoms with van der Waals surface area (Å²) < 4.78 is 23.3. The number of halogens is 1. The molecule has 0 atom stereocenters. The maximum atomic E-state index is 11.0. The van der Waals surface area contributed by atoms with Crippen LogP contribution in [0.5, 0.6) is 0 Å². The zero-order valence-electron chi connectivity index (χ0n) is 22.7. The van der Waals surface area contributed by atoms with Gasteiger partial charge >= 0.3 is 19.1 Å². The fourth-order valence-corrected chi connectivity index (χ4v) is 4.29. The van der Waals surface area contributed by atoms with Crippen molar-refractivity contribution in [3.63, 3.8) is 0 Å². The van der Waals surface area contributed by atoms with Crippen LogP contribution in [0.25, 0.3) is 0 Å². The molecule has 1 heterocycles. The molecule has 1 aliphatic rings. The van der Waals surface area contributed by atoms with E-state index in [1.54, 1.807) is 0 Å². The monoisotopic (exact) mass is 560 g/mol. The van der Waals surface area contributed by atoms with Gasteiger partial charge in [-0.2, -0.15) is 0 Å². The molecule has 0 saturated carbocycles. The standard InChI is InChI=1S/C17H25BO4.C11H13BrO2/c1-7-14-9-8-13(11-20-12(2)19)10-15(14)18-21-16(3,4)17(5,6)22-18;1-3-10-5-4-9(6-11(10)12)7-14-8(2)13/h8-10H,7,11H2,1-6H3;4-6H,3,7H2,1-2H3. The van der Waals surface area contributed by atoms with Gasteiger partial charge in [0.05, 0.1) is 11.2 Å². The van der Waals surface area contributed by atoms with E-state index in [0.29, 0.717) is 6.61 Å². The van der Waals surface area contributed by atoms with Crippen LogP contribution in [0.15, 0.2) is 40.9 Å². The second kappa shape index (κ2) is 12.9. The summed E-state index contributed by atoms with van der Waals surface area (Å²) in [5.74, 6) is -0.530. The van der Waals surface area contributed by atoms with E-state index in [1.807, 2.05) is 58.0 Å². The first-order valence-corrected chi connectivity index (χ1v) is 13.1. The molecule has 2 aromatic rings. The maximum Gasteiger partial charge on any atom is 0.495 e. The summed E-state index contributed by atoms with van der Waals surface area (Å²) in [6, 6.07) is 12.1. The predicted octanol–water partition coefficient (Wildman–Crippen LogP) is 5.69. The second-order valence-corrected chi connectivity index (χ2v) is 10.7. The molecule has 0 aromatic heterocycles. The highest BCUT2D eigenvalue weighted by atomic mass is 79.9. The molecule has 1 saturated heterocycles. The molecule has 0 unspecified atom stereocenters. The van der Waals surface area contributed by atoms with E-state index in [2.05, 4.69) is 35.8 Å². The van der Waals surface area contributed by atoms with E-state index >= 15 is 0 Å². The lowest BCUT2D eigenvalue weighted by atomic mass is 9.74. The molecule has 1 fully saturated rings. The number of ether oxygens (including phenoxy) is 2. The number of carbonyl (C=O) groups excluding carboxylic acids is 2. The summed E-state index contributed by atoms with van der Waals surface area (Å²) in [6.45, 7) is 15.8. The molecule has 0 N–H and O–H groups in total. The van der Waals surface area contributed by atoms with Crippen LogP contribution in [-0.4, -0.2) is 30.3 Å². The largest absolute Gasteiger partial charge is 0.495 e. The van der Waals surface area contributed by atoms with Gasteiger partial charge in [-0.15, -0.1) is 0 Å². The van der Waals surface area contributed by atoms with Gasteiger partial charge in [0.15, 0.2) is 0 Å². The van der Waals surface area contributed by atoms with Crippen molar-refractivity contribution in [2.75, 3.05) is 0 Å². The zero-order valence-corrected chi connectivity index (χ0v) is 24.3. The van der Waals surface area contributed by atoms with Crippen LogP contribution >= 0.6 is 15.9 Å². The van der Waals surface area contributed by atoms with Crippen molar-refractivity contribution in [2.45, 2.75) is 92.6 Å². The first kappa shape index (κ1) is 30.1. The van der Waals surface area contributed by atoms with Gasteiger partial charge in [-0.25, -0.2) is 0 Å². The van der Waals surface area contributed by atoms with Crippen LogP contribution in [0, 0.1) is 0 Å². The fraction of sp³-hybridized carbons (Fsp3) is 0.500. The molecule has 0 bridgehead atoms. The van der Waals surface area contributed by atoms with Crippen molar-refractivity contribution in [3.05, 3.63) is 63.1 Å². The van der Waals surface area contributed by atoms with Crippen molar-refractivity contribution in [3.8, 4) is 0 Å². The van der Waals surface area contributed by atoms with Gasteiger partial charge in [-0.3, -0.25) is 9.59 Å². The minimum Gasteiger partial charge on any atom is -0.461 e. The number of benzene rings is 2. The Hall–Kier alpha value is -2.16. The molecule has 3 rings (SSSR count). The average Bonchev–Trinajstić information content (AvgIpc) is 3.03. The van der Waals surface area contributed by atoms with Crippen LogP contribution in [0.1, 0.15) is 77.6 Å². The molecular weight excluding hydrogens is 523 g/mol. The lowest BCUT2D eigenvalue weighted by molar-refractivity contribution is -0.143. The van der Waals surface area contributed by atoms with Gasteiger partial charge in [-0.1, -0.05) is 60.1 Å². The Labute approximate surface area is 224 Å². The van der Waals surface area contributed by atoms with E-state index in [-0.39, 0.29) is 29.7 Å². The molecule has 0 spiro atoms. The molecular formula is C28H38BBrO6. The molecule has 2 aromatic carbocycles. The minimum atomic E-state index is -0.391. The van der Waals surface area contributed by atoms with Crippen LogP contribution < -0.4 is 5.46 Å². The van der Waals surface area contributed by atoms with Crippen LogP contribution in [-0.2, 0) is 54.4 Å². The second-order valence-electron chi connectivity index (χ2n) is 9.81. The van der Waals surface area contributed by atoms with E-state index in [4.69, 9.17) is 18.8 Å². The molecule has 1 aliphatic heterocycles. The van der Waals surface area contributed by atoms with Gasteiger partial charge in [0.2, 0.25) is 0 Å². The van der Waals surface area contributed by atoms with Gasteiger partial charge in [0, 0.05) is 18.3 Å². The number of aryl methyl sites for hydroxylation is 2. The summed E-state index contributed by atoms with van der Waals surface area (Å²) in [7, 11) is -0.391. The van der Waals surface area contributed by atoms with Crippen molar-refractivity contribution < 1.29 is 28.4 Å². The molecule has 8 heteroatoms. The van der Waals surface area contributed by atoms with E-state index in [1.165, 1.54) is 25.0 Å². The van der Waals surface area contributed by atoms with Gasteiger partial charge in [0.1, 0.15) is 13.2 Å². The Balaban J connectivity index is 0.000000281. The molecule has 196 valence electrons. The Morgan fingerprint density at radius 2 is 1.25 bits per heavy atom. The Bertz CT molecular complexity index is 1050. The van der Waals surface area contributed by atoms with Crippen molar-refractivity contribution in [1.29, 1.82) is 0 Å². The van der Waals surface area contributed by atoms with Crippen LogP contribution in [0.2, 0.25) is 0 Å². The highest BCUT2D eigenvalue weighted by Gasteiger charge is 2.52. The van der Waals surface area contributed by atoms with Crippen molar-refractivity contribution in [2.24, 2.45) is 0 Å². The summed E-state index contributed by atoms with van der Waals surface area (Å²) >= 11 is 3.47. The first-order chi connectivity index (χ1) is 16.8. The quantitative estimate of drug-likeness (QED) is 0.320. The van der Waals surface area contributed by atoms with Crippen LogP contribution in [0.4, 0.5) is 0 Å². The van der Waals surface area contributed by atoms with E-state index in [0.717, 1.165) is 33.9 Å². The van der Waals surface area contributed by atoms with Gasteiger partial charge in [0.25, 0.3) is 0 Å². The van der Waals surface area contributed by atoms with E-state index < -0.39 is 7.12 Å². The van der Waals surface area contributed by atoms with Gasteiger partial charge in [-0.05, 0) is 74.3 Å². The molecule has 0 amide bonds. The molecule has 6 nitrogen and oxygen atoms in total. The Morgan fingerprint density at radius 1 is 0.806 bits per heavy atom. The van der Waals surface area contributed by atoms with E-state index in [9.17, 15) is 9.59 Å². The first-order valence-electron chi connectivity index (χ1n) is 12.3. The third kappa shape index (κ3) is 8.18. The highest BCUT2D eigenvalue weighted by Crippen LogP contribution is 2.36.